The molecule has 0 fully saturated rings. The molecule has 0 bridgehead atoms. The fourth-order valence-electron chi connectivity index (χ4n) is 6.70. The van der Waals surface area contributed by atoms with Gasteiger partial charge in [0.1, 0.15) is 19.0 Å². The van der Waals surface area contributed by atoms with Gasteiger partial charge in [0.2, 0.25) is 0 Å². The van der Waals surface area contributed by atoms with Crippen LogP contribution in [-0.2, 0) is 51.7 Å². The molecule has 0 aliphatic carbocycles. The third-order valence-corrected chi connectivity index (χ3v) is 12.4. The quantitative estimate of drug-likeness (QED) is 0.133. The Morgan fingerprint density at radius 3 is 0.591 bits per heavy atom. The third-order valence-electron chi connectivity index (χ3n) is 9.86. The van der Waals surface area contributed by atoms with E-state index >= 15 is 0 Å². The molecule has 0 atom stereocenters. The molecule has 0 saturated carbocycles. The van der Waals surface area contributed by atoms with Crippen LogP contribution in [0.1, 0.15) is 0 Å². The number of rotatable bonds is 4. The average Bonchev–Trinajstić information content (AvgIpc) is 4.20. The molecule has 0 unspecified atom stereocenters. The molecule has 0 aliphatic rings. The maximum atomic E-state index is 2.17. The summed E-state index contributed by atoms with van der Waals surface area (Å²) in [4.78, 5) is 0. The Kier molecular flexibility index (Phi) is 26.6. The van der Waals surface area contributed by atoms with Gasteiger partial charge in [-0.05, 0) is 0 Å². The maximum Gasteiger partial charge on any atom is 0.121 e. The fourth-order valence-corrected chi connectivity index (χ4v) is 8.80. The number of halogens is 2. The van der Waals surface area contributed by atoms with Crippen molar-refractivity contribution in [3.8, 4) is 0 Å². The van der Waals surface area contributed by atoms with Gasteiger partial charge in [0, 0.05) is 51.7 Å². The normalized spacial score (nSPS) is 9.45. The van der Waals surface area contributed by atoms with Crippen LogP contribution in [0.5, 0.6) is 0 Å². The first-order chi connectivity index (χ1) is 30.8. The summed E-state index contributed by atoms with van der Waals surface area (Å²) in [6.07, 6.45) is 0. The van der Waals surface area contributed by atoms with Crippen LogP contribution in [0.25, 0.3) is 43.1 Å². The van der Waals surface area contributed by atoms with E-state index in [0.717, 1.165) is 19.0 Å². The van der Waals surface area contributed by atoms with E-state index < -0.39 is 0 Å². The van der Waals surface area contributed by atoms with E-state index in [2.05, 4.69) is 291 Å². The van der Waals surface area contributed by atoms with Gasteiger partial charge in [0.15, 0.2) is 0 Å². The number of hydrogen-bond acceptors (Lipinski definition) is 0. The minimum atomic E-state index is 0. The molecule has 0 nitrogen and oxygen atoms in total. The van der Waals surface area contributed by atoms with E-state index in [9.17, 15) is 0 Å². The SMILES string of the molecule is [Cl-].[Cl-].[Hf].[Hf].c1ccc([Si]c2ccccc2)cc1.c1ccc([Si]c2ccccc2)cc1.c1ccc2[cH-]ccc2c1.c1ccc2[cH-]ccc2c1.c1ccc2[cH-]ccc2c1.c1ccc2[cH-]ccc2c1. The fraction of sp³-hybridized carbons (Fsp3) is 0. The van der Waals surface area contributed by atoms with Gasteiger partial charge in [0.25, 0.3) is 0 Å². The molecule has 66 heavy (non-hydrogen) atoms. The van der Waals surface area contributed by atoms with Gasteiger partial charge in [-0.2, -0.15) is 70.1 Å². The van der Waals surface area contributed by atoms with Crippen molar-refractivity contribution in [3.05, 3.63) is 291 Å². The predicted octanol–water partition coefficient (Wildman–Crippen LogP) is 6.92. The van der Waals surface area contributed by atoms with E-state index in [1.54, 1.807) is 0 Å². The van der Waals surface area contributed by atoms with Crippen molar-refractivity contribution in [2.24, 2.45) is 0 Å². The summed E-state index contributed by atoms with van der Waals surface area (Å²) in [7, 11) is 1.55. The monoisotopic (exact) mass is 1250 g/mol. The summed E-state index contributed by atoms with van der Waals surface area (Å²) in [6, 6.07) is 101. The van der Waals surface area contributed by atoms with Gasteiger partial charge in [0.05, 0.1) is 0 Å². The zero-order valence-corrected chi connectivity index (χ0v) is 47.2. The van der Waals surface area contributed by atoms with Crippen molar-refractivity contribution in [1.82, 2.24) is 0 Å². The van der Waals surface area contributed by atoms with E-state index in [1.165, 1.54) is 63.8 Å². The minimum absolute atomic E-state index is 0. The van der Waals surface area contributed by atoms with Crippen molar-refractivity contribution >= 4 is 82.9 Å². The molecule has 0 heterocycles. The Hall–Kier alpha value is -5.05. The third kappa shape index (κ3) is 18.7. The van der Waals surface area contributed by atoms with Crippen LogP contribution in [-0.4, -0.2) is 19.0 Å². The second-order valence-electron chi connectivity index (χ2n) is 14.3. The van der Waals surface area contributed by atoms with Crippen molar-refractivity contribution in [2.75, 3.05) is 0 Å². The molecule has 12 aromatic rings. The molecule has 0 N–H and O–H groups in total. The average molecular weight is 1250 g/mol. The molecular weight excluding hydrogens is 1200 g/mol. The first kappa shape index (κ1) is 55.3. The number of benzene rings is 8. The van der Waals surface area contributed by atoms with Crippen LogP contribution in [0.4, 0.5) is 0 Å². The zero-order chi connectivity index (χ0) is 42.3. The van der Waals surface area contributed by atoms with Crippen molar-refractivity contribution < 1.29 is 76.5 Å². The van der Waals surface area contributed by atoms with Gasteiger partial charge < -0.3 is 24.8 Å². The van der Waals surface area contributed by atoms with Gasteiger partial charge >= 0.3 is 0 Å². The Labute approximate surface area is 446 Å². The molecule has 0 spiro atoms. The maximum absolute atomic E-state index is 2.17. The smallest absolute Gasteiger partial charge is 0.121 e. The Bertz CT molecular complexity index is 2490. The van der Waals surface area contributed by atoms with Crippen molar-refractivity contribution in [3.63, 3.8) is 0 Å². The zero-order valence-electron chi connectivity index (χ0n) is 36.5. The van der Waals surface area contributed by atoms with Crippen LogP contribution in [0.2, 0.25) is 0 Å². The second-order valence-corrected chi connectivity index (χ2v) is 17.1. The van der Waals surface area contributed by atoms with Crippen molar-refractivity contribution in [1.29, 1.82) is 0 Å². The summed E-state index contributed by atoms with van der Waals surface area (Å²) < 4.78 is 0. The molecule has 0 saturated heterocycles. The van der Waals surface area contributed by atoms with E-state index in [0.29, 0.717) is 0 Å². The molecule has 0 aliphatic heterocycles. The molecule has 4 radical (unpaired) electrons. The van der Waals surface area contributed by atoms with Gasteiger partial charge in [-0.25, -0.2) is 0 Å². The van der Waals surface area contributed by atoms with E-state index in [1.807, 2.05) is 0 Å². The van der Waals surface area contributed by atoms with Crippen LogP contribution in [0, 0.1) is 0 Å². The van der Waals surface area contributed by atoms with Crippen LogP contribution in [0.15, 0.2) is 291 Å². The first-order valence-electron chi connectivity index (χ1n) is 20.9. The number of hydrogen-bond donors (Lipinski definition) is 0. The van der Waals surface area contributed by atoms with Crippen LogP contribution in [0.3, 0.4) is 0 Å². The summed E-state index contributed by atoms with van der Waals surface area (Å²) >= 11 is 0. The van der Waals surface area contributed by atoms with Gasteiger partial charge in [-0.15, -0.1) is 119 Å². The molecule has 12 aromatic carbocycles. The van der Waals surface area contributed by atoms with Crippen molar-refractivity contribution in [2.45, 2.75) is 0 Å². The molecule has 324 valence electrons. The topological polar surface area (TPSA) is 0 Å². The Morgan fingerprint density at radius 1 is 0.212 bits per heavy atom. The number of fused-ring (bicyclic) bond motifs is 4. The molecule has 12 rings (SSSR count). The van der Waals surface area contributed by atoms with Crippen LogP contribution >= 0.6 is 0 Å². The summed E-state index contributed by atoms with van der Waals surface area (Å²) in [6.45, 7) is 0. The Balaban J connectivity index is 0.000000209. The summed E-state index contributed by atoms with van der Waals surface area (Å²) in [5, 5.41) is 16.2. The standard InChI is InChI=1S/2C12H10Si.4C9H7.2ClH.2Hf/c2*1-3-7-11(8-4-1)13-12-9-5-2-6-10-12;4*1-2-5-9-7-3-6-8(9)4-1;;;;/h2*1-10H;4*1-7H;2*1H;;/q;;4*-1;;;;/p-2. The molecule has 6 heteroatoms. The first-order valence-corrected chi connectivity index (χ1v) is 22.9. The summed E-state index contributed by atoms with van der Waals surface area (Å²) in [5.41, 5.74) is 0. The second kappa shape index (κ2) is 31.8. The Morgan fingerprint density at radius 2 is 0.394 bits per heavy atom. The molecule has 0 amide bonds. The molecular formula is C60H48Cl2Hf2Si2-6. The van der Waals surface area contributed by atoms with E-state index in [4.69, 9.17) is 0 Å². The minimum Gasteiger partial charge on any atom is -1.00 e. The predicted molar refractivity (Wildman–Crippen MR) is 274 cm³/mol. The van der Waals surface area contributed by atoms with E-state index in [-0.39, 0.29) is 76.5 Å². The van der Waals surface area contributed by atoms with Gasteiger partial charge in [-0.1, -0.05) is 166 Å². The molecule has 0 aromatic heterocycles. The van der Waals surface area contributed by atoms with Gasteiger partial charge in [-0.3, -0.25) is 0 Å². The summed E-state index contributed by atoms with van der Waals surface area (Å²) in [5.74, 6) is 0. The van der Waals surface area contributed by atoms with Crippen LogP contribution < -0.4 is 45.6 Å². The largest absolute Gasteiger partial charge is 1.00 e.